The number of thiophene rings is 1. The quantitative estimate of drug-likeness (QED) is 0.670. The summed E-state index contributed by atoms with van der Waals surface area (Å²) in [5.74, 6) is -2.02. The number of carbonyl (C=O) groups excluding carboxylic acids is 1. The van der Waals surface area contributed by atoms with Gasteiger partial charge in [0.2, 0.25) is 5.91 Å². The third kappa shape index (κ3) is 5.88. The van der Waals surface area contributed by atoms with Gasteiger partial charge in [0.25, 0.3) is 0 Å². The molecule has 0 fully saturated rings. The lowest BCUT2D eigenvalue weighted by atomic mass is 10.0. The highest BCUT2D eigenvalue weighted by molar-refractivity contribution is 7.09. The van der Waals surface area contributed by atoms with E-state index in [4.69, 9.17) is 5.73 Å². The first-order valence-electron chi connectivity index (χ1n) is 8.16. The van der Waals surface area contributed by atoms with E-state index in [1.54, 1.807) is 16.2 Å². The predicted molar refractivity (Wildman–Crippen MR) is 96.3 cm³/mol. The molecular weight excluding hydrogens is 344 g/mol. The molecule has 2 rings (SSSR count). The van der Waals surface area contributed by atoms with Crippen molar-refractivity contribution in [3.8, 4) is 0 Å². The van der Waals surface area contributed by atoms with E-state index in [0.717, 1.165) is 30.0 Å². The molecule has 0 saturated heterocycles. The second kappa shape index (κ2) is 9.60. The minimum absolute atomic E-state index is 0.170. The van der Waals surface area contributed by atoms with Gasteiger partial charge in [-0.2, -0.15) is 0 Å². The van der Waals surface area contributed by atoms with Crippen LogP contribution in [0.15, 0.2) is 35.7 Å². The molecule has 1 aromatic heterocycles. The van der Waals surface area contributed by atoms with Crippen LogP contribution in [0.25, 0.3) is 0 Å². The number of hydrogen-bond donors (Lipinski definition) is 2. The van der Waals surface area contributed by atoms with E-state index < -0.39 is 17.7 Å². The molecule has 0 bridgehead atoms. The average molecular weight is 367 g/mol. The van der Waals surface area contributed by atoms with Crippen LogP contribution in [-0.2, 0) is 17.8 Å². The number of nitrogens with one attached hydrogen (secondary N) is 1. The van der Waals surface area contributed by atoms with Crippen LogP contribution in [0.5, 0.6) is 0 Å². The maximum Gasteiger partial charge on any atom is 0.240 e. The Morgan fingerprint density at radius 3 is 2.76 bits per heavy atom. The fourth-order valence-electron chi connectivity index (χ4n) is 2.55. The molecule has 0 spiro atoms. The molecule has 0 aliphatic rings. The standard InChI is InChI=1S/C18H23F2N3OS/c1-22-7-3-8-23(12-14-4-2-9-25-14)18(24)17(21)11-13-5-6-15(19)16(20)10-13/h2,4-6,9-10,17,22H,3,7-8,11-12,21H2,1H3/t17-/m0/s1. The number of halogens is 2. The zero-order valence-electron chi connectivity index (χ0n) is 14.2. The summed E-state index contributed by atoms with van der Waals surface area (Å²) in [4.78, 5) is 15.5. The van der Waals surface area contributed by atoms with Crippen molar-refractivity contribution in [2.45, 2.75) is 25.4 Å². The zero-order chi connectivity index (χ0) is 18.2. The third-order valence-corrected chi connectivity index (χ3v) is 4.71. The molecule has 1 aromatic carbocycles. The predicted octanol–water partition coefficient (Wildman–Crippen LogP) is 2.53. The van der Waals surface area contributed by atoms with Crippen LogP contribution in [0.4, 0.5) is 8.78 Å². The fourth-order valence-corrected chi connectivity index (χ4v) is 3.27. The van der Waals surface area contributed by atoms with Gasteiger partial charge in [0, 0.05) is 11.4 Å². The second-order valence-electron chi connectivity index (χ2n) is 5.86. The van der Waals surface area contributed by atoms with Gasteiger partial charge in [-0.15, -0.1) is 11.3 Å². The van der Waals surface area contributed by atoms with Gasteiger partial charge >= 0.3 is 0 Å². The van der Waals surface area contributed by atoms with Crippen LogP contribution < -0.4 is 11.1 Å². The maximum absolute atomic E-state index is 13.3. The Morgan fingerprint density at radius 1 is 1.32 bits per heavy atom. The maximum atomic E-state index is 13.3. The van der Waals surface area contributed by atoms with Crippen molar-refractivity contribution < 1.29 is 13.6 Å². The minimum atomic E-state index is -0.929. The zero-order valence-corrected chi connectivity index (χ0v) is 15.0. The van der Waals surface area contributed by atoms with Crippen LogP contribution >= 0.6 is 11.3 Å². The number of benzene rings is 1. The van der Waals surface area contributed by atoms with Crippen molar-refractivity contribution in [2.75, 3.05) is 20.1 Å². The summed E-state index contributed by atoms with van der Waals surface area (Å²) in [7, 11) is 1.86. The van der Waals surface area contributed by atoms with Crippen LogP contribution in [0, 0.1) is 11.6 Å². The van der Waals surface area contributed by atoms with Crippen molar-refractivity contribution in [3.05, 3.63) is 57.8 Å². The highest BCUT2D eigenvalue weighted by Crippen LogP contribution is 2.15. The van der Waals surface area contributed by atoms with Gasteiger partial charge in [0.1, 0.15) is 0 Å². The summed E-state index contributed by atoms with van der Waals surface area (Å²) in [6, 6.07) is 6.72. The molecule has 0 aliphatic carbocycles. The third-order valence-electron chi connectivity index (χ3n) is 3.85. The van der Waals surface area contributed by atoms with Crippen molar-refractivity contribution in [3.63, 3.8) is 0 Å². The normalized spacial score (nSPS) is 12.2. The van der Waals surface area contributed by atoms with Crippen LogP contribution in [0.3, 0.4) is 0 Å². The molecule has 3 N–H and O–H groups in total. The monoisotopic (exact) mass is 367 g/mol. The number of carbonyl (C=O) groups is 1. The fraction of sp³-hybridized carbons (Fsp3) is 0.389. The molecule has 0 radical (unpaired) electrons. The number of nitrogens with two attached hydrogens (primary N) is 1. The van der Waals surface area contributed by atoms with E-state index >= 15 is 0 Å². The first-order valence-corrected chi connectivity index (χ1v) is 9.04. The van der Waals surface area contributed by atoms with Crippen molar-refractivity contribution in [2.24, 2.45) is 5.73 Å². The number of nitrogens with zero attached hydrogens (tertiary/aromatic N) is 1. The molecule has 4 nitrogen and oxygen atoms in total. The smallest absolute Gasteiger partial charge is 0.240 e. The molecule has 136 valence electrons. The Balaban J connectivity index is 2.03. The van der Waals surface area contributed by atoms with Crippen molar-refractivity contribution in [1.82, 2.24) is 10.2 Å². The van der Waals surface area contributed by atoms with Gasteiger partial charge in [0.15, 0.2) is 11.6 Å². The lowest BCUT2D eigenvalue weighted by molar-refractivity contribution is -0.133. The number of rotatable bonds is 9. The van der Waals surface area contributed by atoms with Crippen molar-refractivity contribution >= 4 is 17.2 Å². The van der Waals surface area contributed by atoms with Gasteiger partial charge in [-0.05, 0) is 55.6 Å². The number of amides is 1. The van der Waals surface area contributed by atoms with E-state index in [9.17, 15) is 13.6 Å². The molecular formula is C18H23F2N3OS. The van der Waals surface area contributed by atoms with Gasteiger partial charge in [0.05, 0.1) is 12.6 Å². The Bertz CT molecular complexity index is 679. The Kier molecular flexibility index (Phi) is 7.49. The lowest BCUT2D eigenvalue weighted by Gasteiger charge is -2.25. The van der Waals surface area contributed by atoms with Gasteiger partial charge in [-0.1, -0.05) is 12.1 Å². The summed E-state index contributed by atoms with van der Waals surface area (Å²) < 4.78 is 26.4. The molecule has 1 atom stereocenters. The molecule has 25 heavy (non-hydrogen) atoms. The Labute approximate surface area is 150 Å². The average Bonchev–Trinajstić information content (AvgIpc) is 3.10. The lowest BCUT2D eigenvalue weighted by Crippen LogP contribution is -2.45. The van der Waals surface area contributed by atoms with Crippen LogP contribution in [-0.4, -0.2) is 37.0 Å². The molecule has 0 unspecified atom stereocenters. The summed E-state index contributed by atoms with van der Waals surface area (Å²) in [6.45, 7) is 1.89. The van der Waals surface area contributed by atoms with E-state index in [1.165, 1.54) is 6.07 Å². The van der Waals surface area contributed by atoms with Gasteiger partial charge < -0.3 is 16.0 Å². The first-order chi connectivity index (χ1) is 12.0. The summed E-state index contributed by atoms with van der Waals surface area (Å²) >= 11 is 1.59. The van der Waals surface area contributed by atoms with Crippen LogP contribution in [0.1, 0.15) is 16.9 Å². The summed E-state index contributed by atoms with van der Waals surface area (Å²) in [6.07, 6.45) is 0.981. The topological polar surface area (TPSA) is 58.4 Å². The molecule has 2 aromatic rings. The highest BCUT2D eigenvalue weighted by Gasteiger charge is 2.22. The van der Waals surface area contributed by atoms with E-state index in [0.29, 0.717) is 18.7 Å². The SMILES string of the molecule is CNCCCN(Cc1cccs1)C(=O)[C@@H](N)Cc1ccc(F)c(F)c1. The summed E-state index contributed by atoms with van der Waals surface area (Å²) in [5, 5.41) is 5.02. The summed E-state index contributed by atoms with van der Waals surface area (Å²) in [5.41, 5.74) is 6.56. The Hall–Kier alpha value is -1.83. The first kappa shape index (κ1) is 19.5. The second-order valence-corrected chi connectivity index (χ2v) is 6.89. The molecule has 7 heteroatoms. The molecule has 0 saturated carbocycles. The van der Waals surface area contributed by atoms with E-state index in [1.807, 2.05) is 24.6 Å². The highest BCUT2D eigenvalue weighted by atomic mass is 32.1. The number of hydrogen-bond acceptors (Lipinski definition) is 4. The molecule has 0 aliphatic heterocycles. The van der Waals surface area contributed by atoms with Crippen LogP contribution in [0.2, 0.25) is 0 Å². The van der Waals surface area contributed by atoms with Gasteiger partial charge in [-0.25, -0.2) is 8.78 Å². The van der Waals surface area contributed by atoms with E-state index in [-0.39, 0.29) is 12.3 Å². The largest absolute Gasteiger partial charge is 0.336 e. The van der Waals surface area contributed by atoms with E-state index in [2.05, 4.69) is 5.32 Å². The molecule has 1 amide bonds. The van der Waals surface area contributed by atoms with Gasteiger partial charge in [-0.3, -0.25) is 4.79 Å². The Morgan fingerprint density at radius 2 is 2.12 bits per heavy atom. The van der Waals surface area contributed by atoms with Crippen molar-refractivity contribution in [1.29, 1.82) is 0 Å². The minimum Gasteiger partial charge on any atom is -0.336 e. The molecule has 1 heterocycles.